The van der Waals surface area contributed by atoms with Crippen LogP contribution in [0.15, 0.2) is 29.3 Å². The number of likely N-dealkylation sites (N-methyl/N-ethyl adjacent to an activating group) is 1. The van der Waals surface area contributed by atoms with Crippen molar-refractivity contribution in [2.45, 2.75) is 0 Å². The summed E-state index contributed by atoms with van der Waals surface area (Å²) in [5, 5.41) is 0. The van der Waals surface area contributed by atoms with Crippen molar-refractivity contribution in [3.63, 3.8) is 0 Å². The highest BCUT2D eigenvalue weighted by Crippen LogP contribution is 2.14. The lowest BCUT2D eigenvalue weighted by Crippen LogP contribution is -2.48. The highest BCUT2D eigenvalue weighted by Gasteiger charge is 2.20. The standard InChI is InChI=1S/C17H25N3O4/c1-19-7-9-20(10-8-19)17(24-12-11-22-2)18-16(21)14-5-4-6-15(13-14)23-3/h4-6,13H,7-12H2,1-3H3. The fourth-order valence-corrected chi connectivity index (χ4v) is 2.32. The molecule has 0 radical (unpaired) electrons. The van der Waals surface area contributed by atoms with Gasteiger partial charge in [0, 0.05) is 38.9 Å². The zero-order valence-electron chi connectivity index (χ0n) is 14.5. The van der Waals surface area contributed by atoms with Gasteiger partial charge in [-0.3, -0.25) is 4.79 Å². The summed E-state index contributed by atoms with van der Waals surface area (Å²) in [6.07, 6.45) is 0. The molecule has 7 nitrogen and oxygen atoms in total. The third-order valence-electron chi connectivity index (χ3n) is 3.81. The van der Waals surface area contributed by atoms with Gasteiger partial charge in [-0.05, 0) is 25.2 Å². The van der Waals surface area contributed by atoms with Crippen molar-refractivity contribution in [3.05, 3.63) is 29.8 Å². The van der Waals surface area contributed by atoms with Crippen molar-refractivity contribution in [2.24, 2.45) is 4.99 Å². The van der Waals surface area contributed by atoms with Crippen LogP contribution in [0.2, 0.25) is 0 Å². The Balaban J connectivity index is 2.14. The van der Waals surface area contributed by atoms with E-state index in [4.69, 9.17) is 14.2 Å². The highest BCUT2D eigenvalue weighted by molar-refractivity contribution is 6.01. The summed E-state index contributed by atoms with van der Waals surface area (Å²) in [6, 6.07) is 7.29. The van der Waals surface area contributed by atoms with Gasteiger partial charge in [0.05, 0.1) is 13.7 Å². The van der Waals surface area contributed by atoms with Gasteiger partial charge in [0.15, 0.2) is 0 Å². The molecule has 1 aliphatic heterocycles. The van der Waals surface area contributed by atoms with Gasteiger partial charge >= 0.3 is 0 Å². The molecule has 1 aromatic carbocycles. The first-order chi connectivity index (χ1) is 11.6. The Morgan fingerprint density at radius 3 is 2.58 bits per heavy atom. The lowest BCUT2D eigenvalue weighted by atomic mass is 10.2. The topological polar surface area (TPSA) is 63.6 Å². The molecule has 0 unspecified atom stereocenters. The summed E-state index contributed by atoms with van der Waals surface area (Å²) in [7, 11) is 5.25. The third-order valence-corrected chi connectivity index (χ3v) is 3.81. The minimum absolute atomic E-state index is 0.347. The molecular weight excluding hydrogens is 310 g/mol. The SMILES string of the molecule is COCCOC(=NC(=O)c1cccc(OC)c1)N1CCN(C)CC1. The molecular formula is C17H25N3O4. The van der Waals surface area contributed by atoms with Crippen LogP contribution in [0.4, 0.5) is 0 Å². The lowest BCUT2D eigenvalue weighted by Gasteiger charge is -2.33. The zero-order chi connectivity index (χ0) is 17.4. The van der Waals surface area contributed by atoms with Crippen LogP contribution in [0.25, 0.3) is 0 Å². The van der Waals surface area contributed by atoms with E-state index in [1.54, 1.807) is 38.5 Å². The number of piperazine rings is 1. The largest absolute Gasteiger partial charge is 0.497 e. The van der Waals surface area contributed by atoms with Crippen LogP contribution in [-0.4, -0.2) is 82.4 Å². The monoisotopic (exact) mass is 335 g/mol. The number of carbonyl (C=O) groups is 1. The smallest absolute Gasteiger partial charge is 0.295 e. The molecule has 132 valence electrons. The Bertz CT molecular complexity index is 569. The number of hydrogen-bond acceptors (Lipinski definition) is 5. The molecule has 1 fully saturated rings. The van der Waals surface area contributed by atoms with E-state index in [9.17, 15) is 4.79 Å². The second-order valence-electron chi connectivity index (χ2n) is 5.56. The second-order valence-corrected chi connectivity index (χ2v) is 5.56. The molecule has 1 aromatic rings. The maximum absolute atomic E-state index is 12.5. The van der Waals surface area contributed by atoms with Crippen LogP contribution in [0.1, 0.15) is 10.4 Å². The number of benzene rings is 1. The number of rotatable bonds is 5. The molecule has 1 aliphatic rings. The fourth-order valence-electron chi connectivity index (χ4n) is 2.32. The highest BCUT2D eigenvalue weighted by atomic mass is 16.5. The molecule has 7 heteroatoms. The molecule has 0 aromatic heterocycles. The molecule has 0 saturated carbocycles. The predicted octanol–water partition coefficient (Wildman–Crippen LogP) is 1.10. The van der Waals surface area contributed by atoms with Crippen LogP contribution >= 0.6 is 0 Å². The summed E-state index contributed by atoms with van der Waals surface area (Å²) >= 11 is 0. The minimum Gasteiger partial charge on any atom is -0.497 e. The number of amidine groups is 1. The van der Waals surface area contributed by atoms with Crippen molar-refractivity contribution < 1.29 is 19.0 Å². The van der Waals surface area contributed by atoms with Gasteiger partial charge in [-0.25, -0.2) is 0 Å². The second kappa shape index (κ2) is 9.24. The molecule has 0 aliphatic carbocycles. The van der Waals surface area contributed by atoms with E-state index in [1.807, 2.05) is 4.90 Å². The molecule has 1 saturated heterocycles. The van der Waals surface area contributed by atoms with E-state index in [0.717, 1.165) is 26.2 Å². The number of carbonyl (C=O) groups excluding carboxylic acids is 1. The zero-order valence-corrected chi connectivity index (χ0v) is 14.5. The third kappa shape index (κ3) is 5.21. The van der Waals surface area contributed by atoms with Gasteiger partial charge in [-0.1, -0.05) is 6.07 Å². The summed E-state index contributed by atoms with van der Waals surface area (Å²) in [5.41, 5.74) is 0.469. The van der Waals surface area contributed by atoms with E-state index >= 15 is 0 Å². The minimum atomic E-state index is -0.347. The van der Waals surface area contributed by atoms with Crippen molar-refractivity contribution in [3.8, 4) is 5.75 Å². The Hall–Kier alpha value is -2.12. The molecule has 2 rings (SSSR count). The van der Waals surface area contributed by atoms with Crippen LogP contribution in [-0.2, 0) is 9.47 Å². The molecule has 0 N–H and O–H groups in total. The van der Waals surface area contributed by atoms with Crippen LogP contribution < -0.4 is 4.74 Å². The molecule has 0 spiro atoms. The number of amides is 1. The summed E-state index contributed by atoms with van der Waals surface area (Å²) in [5.74, 6) is 0.276. The van der Waals surface area contributed by atoms with E-state index in [0.29, 0.717) is 30.5 Å². The summed E-state index contributed by atoms with van der Waals surface area (Å²) in [6.45, 7) is 4.15. The average molecular weight is 335 g/mol. The van der Waals surface area contributed by atoms with Crippen molar-refractivity contribution in [1.29, 1.82) is 0 Å². The van der Waals surface area contributed by atoms with Gasteiger partial charge < -0.3 is 24.0 Å². The van der Waals surface area contributed by atoms with Crippen molar-refractivity contribution in [2.75, 3.05) is 60.7 Å². The number of ether oxygens (including phenoxy) is 3. The van der Waals surface area contributed by atoms with Crippen LogP contribution in [0.5, 0.6) is 5.75 Å². The van der Waals surface area contributed by atoms with Gasteiger partial charge in [-0.2, -0.15) is 4.99 Å². The summed E-state index contributed by atoms with van der Waals surface area (Å²) in [4.78, 5) is 20.9. The number of nitrogens with zero attached hydrogens (tertiary/aromatic N) is 3. The quantitative estimate of drug-likeness (QED) is 0.456. The van der Waals surface area contributed by atoms with E-state index < -0.39 is 0 Å². The van der Waals surface area contributed by atoms with Gasteiger partial charge in [0.2, 0.25) is 0 Å². The Morgan fingerprint density at radius 2 is 1.92 bits per heavy atom. The maximum atomic E-state index is 12.5. The molecule has 1 amide bonds. The molecule has 1 heterocycles. The molecule has 0 bridgehead atoms. The van der Waals surface area contributed by atoms with Crippen LogP contribution in [0, 0.1) is 0 Å². The molecule has 24 heavy (non-hydrogen) atoms. The first-order valence-corrected chi connectivity index (χ1v) is 7.96. The average Bonchev–Trinajstić information content (AvgIpc) is 2.61. The van der Waals surface area contributed by atoms with Gasteiger partial charge in [0.1, 0.15) is 12.4 Å². The van der Waals surface area contributed by atoms with Crippen molar-refractivity contribution in [1.82, 2.24) is 9.80 Å². The molecule has 0 atom stereocenters. The predicted molar refractivity (Wildman–Crippen MR) is 91.7 cm³/mol. The Labute approximate surface area is 142 Å². The van der Waals surface area contributed by atoms with E-state index in [1.165, 1.54) is 0 Å². The van der Waals surface area contributed by atoms with Crippen LogP contribution in [0.3, 0.4) is 0 Å². The Morgan fingerprint density at radius 1 is 1.17 bits per heavy atom. The lowest BCUT2D eigenvalue weighted by molar-refractivity contribution is 0.0967. The van der Waals surface area contributed by atoms with E-state index in [-0.39, 0.29) is 5.91 Å². The maximum Gasteiger partial charge on any atom is 0.295 e. The first kappa shape index (κ1) is 18.2. The first-order valence-electron chi connectivity index (χ1n) is 7.96. The summed E-state index contributed by atoms with van der Waals surface area (Å²) < 4.78 is 15.8. The number of methoxy groups -OCH3 is 2. The van der Waals surface area contributed by atoms with E-state index in [2.05, 4.69) is 16.9 Å². The number of aliphatic imine (C=N–C) groups is 1. The normalized spacial score (nSPS) is 16.1. The fraction of sp³-hybridized carbons (Fsp3) is 0.529. The van der Waals surface area contributed by atoms with Gasteiger partial charge in [-0.15, -0.1) is 0 Å². The Kier molecular flexibility index (Phi) is 7.02. The van der Waals surface area contributed by atoms with Gasteiger partial charge in [0.25, 0.3) is 11.9 Å². The number of hydrogen-bond donors (Lipinski definition) is 0. The van der Waals surface area contributed by atoms with Crippen molar-refractivity contribution >= 4 is 11.9 Å².